The van der Waals surface area contributed by atoms with Crippen molar-refractivity contribution in [3.05, 3.63) is 41.5 Å². The van der Waals surface area contributed by atoms with Crippen molar-refractivity contribution in [2.45, 2.75) is 40.3 Å². The van der Waals surface area contributed by atoms with Gasteiger partial charge in [0.15, 0.2) is 0 Å². The average molecular weight is 330 g/mol. The van der Waals surface area contributed by atoms with E-state index in [4.69, 9.17) is 4.74 Å². The van der Waals surface area contributed by atoms with Crippen LogP contribution in [0.3, 0.4) is 0 Å². The van der Waals surface area contributed by atoms with Crippen LogP contribution >= 0.6 is 0 Å². The Morgan fingerprint density at radius 2 is 1.92 bits per heavy atom. The summed E-state index contributed by atoms with van der Waals surface area (Å²) < 4.78 is 6.27. The monoisotopic (exact) mass is 330 g/mol. The molecule has 0 N–H and O–H groups in total. The first-order valence-corrected chi connectivity index (χ1v) is 7.66. The summed E-state index contributed by atoms with van der Waals surface area (Å²) in [5, 5.41) is 3.96. The summed E-state index contributed by atoms with van der Waals surface area (Å²) in [5.74, 6) is -0.725. The predicted molar refractivity (Wildman–Crippen MR) is 89.6 cm³/mol. The van der Waals surface area contributed by atoms with Crippen molar-refractivity contribution in [1.29, 1.82) is 0 Å². The van der Waals surface area contributed by atoms with Crippen LogP contribution in [0.2, 0.25) is 0 Å². The van der Waals surface area contributed by atoms with Crippen molar-refractivity contribution >= 4 is 17.6 Å². The lowest BCUT2D eigenvalue weighted by molar-refractivity contribution is -0.143. The number of anilines is 1. The number of carbonyl (C=O) groups is 2. The van der Waals surface area contributed by atoms with Gasteiger partial charge in [0.05, 0.1) is 12.8 Å². The third-order valence-corrected chi connectivity index (χ3v) is 4.11. The maximum atomic E-state index is 12.9. The number of carbonyl (C=O) groups excluding carboxylic acids is 2. The van der Waals surface area contributed by atoms with Gasteiger partial charge in [0.25, 0.3) is 0 Å². The van der Waals surface area contributed by atoms with Gasteiger partial charge in [-0.3, -0.25) is 9.69 Å². The molecule has 128 valence electrons. The fourth-order valence-corrected chi connectivity index (χ4v) is 2.65. The highest BCUT2D eigenvalue weighted by molar-refractivity contribution is 6.00. The van der Waals surface area contributed by atoms with Gasteiger partial charge in [0.2, 0.25) is 5.91 Å². The Morgan fingerprint density at radius 1 is 1.25 bits per heavy atom. The molecule has 1 unspecified atom stereocenters. The molecule has 2 rings (SSSR count). The van der Waals surface area contributed by atoms with Gasteiger partial charge in [-0.25, -0.2) is 14.5 Å². The van der Waals surface area contributed by atoms with Crippen LogP contribution in [-0.2, 0) is 20.9 Å². The molecule has 0 radical (unpaired) electrons. The van der Waals surface area contributed by atoms with Gasteiger partial charge in [0, 0.05) is 0 Å². The normalized spacial score (nSPS) is 11.9. The molecule has 24 heavy (non-hydrogen) atoms. The number of amides is 1. The fourth-order valence-electron chi connectivity index (χ4n) is 2.65. The van der Waals surface area contributed by atoms with Gasteiger partial charge >= 0.3 is 5.97 Å². The highest BCUT2D eigenvalue weighted by Crippen LogP contribution is 2.29. The second-order valence-electron chi connectivity index (χ2n) is 5.73. The predicted octanol–water partition coefficient (Wildman–Crippen LogP) is 1.80. The van der Waals surface area contributed by atoms with Crippen molar-refractivity contribution in [3.63, 3.8) is 0 Å². The fraction of sp³-hybridized carbons (Fsp3) is 0.412. The minimum Gasteiger partial charge on any atom is -0.467 e. The van der Waals surface area contributed by atoms with Gasteiger partial charge in [-0.2, -0.15) is 5.10 Å². The molecule has 1 aromatic carbocycles. The maximum absolute atomic E-state index is 12.9. The SMILES string of the molecule is COC(=O)C(C)N(C(=O)Cn1cncn1)c1c(C)ccc(C)c1C. The Labute approximate surface area is 141 Å². The number of ether oxygens (including phenoxy) is 1. The van der Waals surface area contributed by atoms with Crippen molar-refractivity contribution in [3.8, 4) is 0 Å². The highest BCUT2D eigenvalue weighted by Gasteiger charge is 2.30. The summed E-state index contributed by atoms with van der Waals surface area (Å²) in [7, 11) is 1.31. The summed E-state index contributed by atoms with van der Waals surface area (Å²) in [4.78, 5) is 30.3. The molecular formula is C17H22N4O3. The number of esters is 1. The summed E-state index contributed by atoms with van der Waals surface area (Å²) in [5.41, 5.74) is 3.66. The van der Waals surface area contributed by atoms with Crippen LogP contribution in [0.1, 0.15) is 23.6 Å². The maximum Gasteiger partial charge on any atom is 0.328 e. The lowest BCUT2D eigenvalue weighted by Gasteiger charge is -2.31. The molecule has 2 aromatic rings. The molecule has 0 saturated heterocycles. The molecule has 0 spiro atoms. The van der Waals surface area contributed by atoms with Gasteiger partial charge < -0.3 is 4.74 Å². The minimum absolute atomic E-state index is 0.00580. The van der Waals surface area contributed by atoms with E-state index in [9.17, 15) is 9.59 Å². The molecule has 1 aromatic heterocycles. The summed E-state index contributed by atoms with van der Waals surface area (Å²) in [6.45, 7) is 7.49. The molecule has 0 bridgehead atoms. The third-order valence-electron chi connectivity index (χ3n) is 4.11. The van der Waals surface area contributed by atoms with Crippen LogP contribution in [0.25, 0.3) is 0 Å². The van der Waals surface area contributed by atoms with Crippen LogP contribution in [0.15, 0.2) is 24.8 Å². The number of hydrogen-bond donors (Lipinski definition) is 0. The van der Waals surface area contributed by atoms with Crippen molar-refractivity contribution in [2.75, 3.05) is 12.0 Å². The summed E-state index contributed by atoms with van der Waals surface area (Å²) in [6, 6.07) is 3.19. The van der Waals surface area contributed by atoms with E-state index >= 15 is 0 Å². The smallest absolute Gasteiger partial charge is 0.328 e. The molecule has 1 heterocycles. The molecule has 1 amide bonds. The van der Waals surface area contributed by atoms with E-state index in [1.165, 1.54) is 29.3 Å². The van der Waals surface area contributed by atoms with Crippen LogP contribution in [0, 0.1) is 20.8 Å². The van der Waals surface area contributed by atoms with Crippen LogP contribution in [-0.4, -0.2) is 39.8 Å². The first-order valence-electron chi connectivity index (χ1n) is 7.66. The molecular weight excluding hydrogens is 308 g/mol. The van der Waals surface area contributed by atoms with Crippen LogP contribution in [0.4, 0.5) is 5.69 Å². The molecule has 0 aliphatic carbocycles. The minimum atomic E-state index is -0.745. The molecule has 1 atom stereocenters. The zero-order valence-corrected chi connectivity index (χ0v) is 14.6. The molecule has 7 nitrogen and oxygen atoms in total. The standard InChI is InChI=1S/C17H22N4O3/c1-11-6-7-12(2)16(13(11)3)21(14(4)17(23)24-5)15(22)8-20-10-18-9-19-20/h6-7,9-10,14H,8H2,1-5H3. The average Bonchev–Trinajstić information content (AvgIpc) is 3.06. The van der Waals surface area contributed by atoms with Crippen LogP contribution in [0.5, 0.6) is 0 Å². The van der Waals surface area contributed by atoms with Crippen molar-refractivity contribution < 1.29 is 14.3 Å². The van der Waals surface area contributed by atoms with Gasteiger partial charge in [0.1, 0.15) is 25.2 Å². The molecule has 0 fully saturated rings. The number of aryl methyl sites for hydroxylation is 2. The largest absolute Gasteiger partial charge is 0.467 e. The second-order valence-corrected chi connectivity index (χ2v) is 5.73. The zero-order valence-electron chi connectivity index (χ0n) is 14.6. The summed E-state index contributed by atoms with van der Waals surface area (Å²) >= 11 is 0. The van der Waals surface area contributed by atoms with E-state index in [1.54, 1.807) is 6.92 Å². The van der Waals surface area contributed by atoms with Gasteiger partial charge in [-0.1, -0.05) is 12.1 Å². The molecule has 0 saturated carbocycles. The third kappa shape index (κ3) is 3.45. The Balaban J connectivity index is 2.49. The Hall–Kier alpha value is -2.70. The lowest BCUT2D eigenvalue weighted by atomic mass is 10.0. The van der Waals surface area contributed by atoms with Gasteiger partial charge in [-0.05, 0) is 44.4 Å². The molecule has 0 aliphatic heterocycles. The van der Waals surface area contributed by atoms with E-state index in [0.717, 1.165) is 22.4 Å². The topological polar surface area (TPSA) is 77.3 Å². The van der Waals surface area contributed by atoms with Crippen LogP contribution < -0.4 is 4.90 Å². The summed E-state index contributed by atoms with van der Waals surface area (Å²) in [6.07, 6.45) is 2.83. The number of methoxy groups -OCH3 is 1. The van der Waals surface area contributed by atoms with E-state index in [0.29, 0.717) is 0 Å². The second kappa shape index (κ2) is 7.25. The number of nitrogens with zero attached hydrogens (tertiary/aromatic N) is 4. The Morgan fingerprint density at radius 3 is 2.50 bits per heavy atom. The molecule has 7 heteroatoms. The Bertz CT molecular complexity index is 741. The van der Waals surface area contributed by atoms with E-state index in [-0.39, 0.29) is 12.5 Å². The quantitative estimate of drug-likeness (QED) is 0.781. The van der Waals surface area contributed by atoms with Crippen molar-refractivity contribution in [1.82, 2.24) is 14.8 Å². The first-order chi connectivity index (χ1) is 11.4. The lowest BCUT2D eigenvalue weighted by Crippen LogP contribution is -2.46. The molecule has 0 aliphatic rings. The first kappa shape index (κ1) is 17.7. The number of aromatic nitrogens is 3. The number of rotatable bonds is 5. The van der Waals surface area contributed by atoms with Crippen molar-refractivity contribution in [2.24, 2.45) is 0 Å². The number of hydrogen-bond acceptors (Lipinski definition) is 5. The van der Waals surface area contributed by atoms with E-state index in [2.05, 4.69) is 10.1 Å². The highest BCUT2D eigenvalue weighted by atomic mass is 16.5. The van der Waals surface area contributed by atoms with E-state index in [1.807, 2.05) is 32.9 Å². The van der Waals surface area contributed by atoms with E-state index < -0.39 is 12.0 Å². The Kier molecular flexibility index (Phi) is 5.33. The zero-order chi connectivity index (χ0) is 17.9. The number of benzene rings is 1. The van der Waals surface area contributed by atoms with Gasteiger partial charge in [-0.15, -0.1) is 0 Å².